The van der Waals surface area contributed by atoms with E-state index in [1.165, 1.54) is 6.92 Å². The molecular weight excluding hydrogens is 534 g/mol. The quantitative estimate of drug-likeness (QED) is 0.186. The molecule has 2 amide bonds. The van der Waals surface area contributed by atoms with Crippen molar-refractivity contribution in [3.8, 4) is 5.75 Å². The number of thiol groups is 1. The van der Waals surface area contributed by atoms with Gasteiger partial charge in [0.1, 0.15) is 17.6 Å². The van der Waals surface area contributed by atoms with E-state index in [0.29, 0.717) is 24.7 Å². The Balaban J connectivity index is 1.53. The van der Waals surface area contributed by atoms with Gasteiger partial charge in [-0.2, -0.15) is 0 Å². The predicted molar refractivity (Wildman–Crippen MR) is 167 cm³/mol. The Morgan fingerprint density at radius 1 is 1.12 bits per heavy atom. The molecule has 9 heteroatoms. The van der Waals surface area contributed by atoms with Gasteiger partial charge in [0.25, 0.3) is 0 Å². The van der Waals surface area contributed by atoms with E-state index in [0.717, 1.165) is 56.6 Å². The highest BCUT2D eigenvalue weighted by Gasteiger charge is 2.36. The molecule has 2 heterocycles. The van der Waals surface area contributed by atoms with Crippen LogP contribution in [0, 0.1) is 6.92 Å². The number of amides is 2. The van der Waals surface area contributed by atoms with E-state index in [9.17, 15) is 9.59 Å². The predicted octanol–water partition coefficient (Wildman–Crippen LogP) is 6.29. The molecule has 1 aliphatic rings. The van der Waals surface area contributed by atoms with Gasteiger partial charge in [-0.15, -0.1) is 12.6 Å². The molecule has 8 nitrogen and oxygen atoms in total. The van der Waals surface area contributed by atoms with Crippen molar-refractivity contribution in [2.75, 3.05) is 29.5 Å². The van der Waals surface area contributed by atoms with Crippen molar-refractivity contribution < 1.29 is 14.3 Å². The number of nitrogens with zero attached hydrogens (tertiary/aromatic N) is 2. The highest BCUT2D eigenvalue weighted by atomic mass is 32.1. The van der Waals surface area contributed by atoms with Crippen LogP contribution in [0.3, 0.4) is 0 Å². The average Bonchev–Trinajstić information content (AvgIpc) is 3.43. The number of nitrogen functional groups attached to an aromatic ring is 1. The molecule has 1 aliphatic heterocycles. The molecule has 2 unspecified atom stereocenters. The van der Waals surface area contributed by atoms with Gasteiger partial charge < -0.3 is 26.0 Å². The summed E-state index contributed by atoms with van der Waals surface area (Å²) < 4.78 is 5.89. The molecule has 0 spiro atoms. The highest BCUT2D eigenvalue weighted by Crippen LogP contribution is 2.39. The SMILES string of the molecule is CCOc1cc(C(Nc2ccc3c(N)nccc3c2)C(=O)N2CCCC2c2cc(NC(C)=O)ccc2S)ccc1C. The zero-order valence-corrected chi connectivity index (χ0v) is 24.4. The van der Waals surface area contributed by atoms with Gasteiger partial charge in [0.05, 0.1) is 12.6 Å². The van der Waals surface area contributed by atoms with Gasteiger partial charge in [0.15, 0.2) is 0 Å². The summed E-state index contributed by atoms with van der Waals surface area (Å²) in [5.74, 6) is 1.01. The molecule has 0 aliphatic carbocycles. The molecule has 41 heavy (non-hydrogen) atoms. The first-order chi connectivity index (χ1) is 19.7. The molecule has 1 fully saturated rings. The van der Waals surface area contributed by atoms with E-state index in [2.05, 4.69) is 15.6 Å². The maximum Gasteiger partial charge on any atom is 0.250 e. The number of fused-ring (bicyclic) bond motifs is 1. The number of rotatable bonds is 8. The van der Waals surface area contributed by atoms with Crippen LogP contribution in [0.1, 0.15) is 55.5 Å². The first kappa shape index (κ1) is 28.3. The Bertz CT molecular complexity index is 1610. The maximum atomic E-state index is 14.5. The largest absolute Gasteiger partial charge is 0.494 e. The summed E-state index contributed by atoms with van der Waals surface area (Å²) in [6.45, 7) is 6.56. The van der Waals surface area contributed by atoms with Crippen LogP contribution in [-0.2, 0) is 9.59 Å². The molecule has 1 aromatic heterocycles. The summed E-state index contributed by atoms with van der Waals surface area (Å²) in [4.78, 5) is 33.1. The lowest BCUT2D eigenvalue weighted by molar-refractivity contribution is -0.133. The molecule has 4 N–H and O–H groups in total. The topological polar surface area (TPSA) is 110 Å². The number of ether oxygens (including phenoxy) is 1. The lowest BCUT2D eigenvalue weighted by Crippen LogP contribution is -2.38. The number of carbonyl (C=O) groups is 2. The fourth-order valence-electron chi connectivity index (χ4n) is 5.47. The summed E-state index contributed by atoms with van der Waals surface area (Å²) >= 11 is 4.71. The van der Waals surface area contributed by atoms with Crippen molar-refractivity contribution in [3.63, 3.8) is 0 Å². The van der Waals surface area contributed by atoms with Crippen molar-refractivity contribution in [3.05, 3.63) is 83.6 Å². The van der Waals surface area contributed by atoms with Crippen molar-refractivity contribution in [1.82, 2.24) is 9.88 Å². The molecule has 1 saturated heterocycles. The smallest absolute Gasteiger partial charge is 0.250 e. The third-order valence-electron chi connectivity index (χ3n) is 7.44. The minimum Gasteiger partial charge on any atom is -0.494 e. The lowest BCUT2D eigenvalue weighted by Gasteiger charge is -2.31. The van der Waals surface area contributed by atoms with E-state index in [4.69, 9.17) is 23.1 Å². The molecule has 2 atom stereocenters. The van der Waals surface area contributed by atoms with E-state index < -0.39 is 6.04 Å². The molecule has 5 rings (SSSR count). The second-order valence-electron chi connectivity index (χ2n) is 10.3. The number of carbonyl (C=O) groups excluding carboxylic acids is 2. The van der Waals surface area contributed by atoms with E-state index in [1.54, 1.807) is 6.20 Å². The van der Waals surface area contributed by atoms with E-state index >= 15 is 0 Å². The summed E-state index contributed by atoms with van der Waals surface area (Å²) in [7, 11) is 0. The minimum absolute atomic E-state index is 0.0502. The van der Waals surface area contributed by atoms with Crippen molar-refractivity contribution in [2.24, 2.45) is 0 Å². The number of likely N-dealkylation sites (tertiary alicyclic amines) is 1. The number of benzene rings is 3. The number of hydrogen-bond donors (Lipinski definition) is 4. The van der Waals surface area contributed by atoms with Gasteiger partial charge in [-0.1, -0.05) is 12.1 Å². The number of anilines is 3. The standard InChI is InChI=1S/C32H35N5O3S/c1-4-40-28-17-22(8-7-19(28)2)30(36-23-9-11-25-21(16-23)13-14-34-31(25)33)32(39)37-15-5-6-27(37)26-18-24(35-20(3)38)10-12-29(26)41/h7-14,16-18,27,30,36,41H,4-6,15H2,1-3H3,(H2,33,34)(H,35,38). The van der Waals surface area contributed by atoms with Gasteiger partial charge in [-0.25, -0.2) is 4.98 Å². The number of aromatic nitrogens is 1. The monoisotopic (exact) mass is 569 g/mol. The number of hydrogen-bond acceptors (Lipinski definition) is 7. The summed E-state index contributed by atoms with van der Waals surface area (Å²) in [6.07, 6.45) is 3.34. The fraction of sp³-hybridized carbons (Fsp3) is 0.281. The number of nitrogens with two attached hydrogens (primary N) is 1. The summed E-state index contributed by atoms with van der Waals surface area (Å²) in [6, 6.07) is 18.4. The summed E-state index contributed by atoms with van der Waals surface area (Å²) in [5.41, 5.74) is 10.3. The molecule has 3 aromatic carbocycles. The zero-order valence-electron chi connectivity index (χ0n) is 23.5. The Morgan fingerprint density at radius 3 is 2.71 bits per heavy atom. The van der Waals surface area contributed by atoms with E-state index in [1.807, 2.05) is 79.4 Å². The van der Waals surface area contributed by atoms with Gasteiger partial charge in [-0.3, -0.25) is 9.59 Å². The molecule has 212 valence electrons. The average molecular weight is 570 g/mol. The summed E-state index contributed by atoms with van der Waals surface area (Å²) in [5, 5.41) is 8.15. The maximum absolute atomic E-state index is 14.5. The molecular formula is C32H35N5O3S. The lowest BCUT2D eigenvalue weighted by atomic mass is 9.99. The first-order valence-corrected chi connectivity index (χ1v) is 14.2. The van der Waals surface area contributed by atoms with Gasteiger partial charge in [0.2, 0.25) is 11.8 Å². The zero-order chi connectivity index (χ0) is 29.1. The molecule has 0 radical (unpaired) electrons. The highest BCUT2D eigenvalue weighted by molar-refractivity contribution is 7.80. The normalized spacial score (nSPS) is 15.5. The number of pyridine rings is 1. The number of aryl methyl sites for hydroxylation is 1. The van der Waals surface area contributed by atoms with Crippen LogP contribution >= 0.6 is 12.6 Å². The first-order valence-electron chi connectivity index (χ1n) is 13.8. The number of nitrogens with one attached hydrogen (secondary N) is 2. The van der Waals surface area contributed by atoms with Crippen LogP contribution in [0.5, 0.6) is 5.75 Å². The van der Waals surface area contributed by atoms with Crippen molar-refractivity contribution in [1.29, 1.82) is 0 Å². The molecule has 0 saturated carbocycles. The second-order valence-corrected chi connectivity index (χ2v) is 10.8. The van der Waals surface area contributed by atoms with Crippen LogP contribution in [0.2, 0.25) is 0 Å². The Morgan fingerprint density at radius 2 is 1.93 bits per heavy atom. The van der Waals surface area contributed by atoms with Crippen LogP contribution in [-0.4, -0.2) is 34.8 Å². The fourth-order valence-corrected chi connectivity index (χ4v) is 5.76. The third kappa shape index (κ3) is 6.10. The van der Waals surface area contributed by atoms with Crippen LogP contribution in [0.25, 0.3) is 10.8 Å². The van der Waals surface area contributed by atoms with Crippen LogP contribution < -0.4 is 21.1 Å². The minimum atomic E-state index is -0.672. The second kappa shape index (κ2) is 12.1. The van der Waals surface area contributed by atoms with Gasteiger partial charge in [0, 0.05) is 41.3 Å². The Kier molecular flexibility index (Phi) is 8.35. The Labute approximate surface area is 245 Å². The van der Waals surface area contributed by atoms with E-state index in [-0.39, 0.29) is 17.9 Å². The van der Waals surface area contributed by atoms with Crippen molar-refractivity contribution in [2.45, 2.75) is 50.6 Å². The Hall–Kier alpha value is -4.24. The molecule has 4 aromatic rings. The third-order valence-corrected chi connectivity index (χ3v) is 7.85. The molecule has 0 bridgehead atoms. The van der Waals surface area contributed by atoms with Crippen LogP contribution in [0.15, 0.2) is 71.8 Å². The van der Waals surface area contributed by atoms with Crippen molar-refractivity contribution >= 4 is 52.4 Å². The van der Waals surface area contributed by atoms with Gasteiger partial charge in [-0.05, 0) is 97.3 Å². The van der Waals surface area contributed by atoms with Gasteiger partial charge >= 0.3 is 0 Å². The van der Waals surface area contributed by atoms with Crippen LogP contribution in [0.4, 0.5) is 17.2 Å².